The molecule has 0 bridgehead atoms. The van der Waals surface area contributed by atoms with Gasteiger partial charge in [-0.1, -0.05) is 37.8 Å². The van der Waals surface area contributed by atoms with Crippen molar-refractivity contribution in [1.29, 1.82) is 0 Å². The summed E-state index contributed by atoms with van der Waals surface area (Å²) < 4.78 is 7.71. The fourth-order valence-corrected chi connectivity index (χ4v) is 3.61. The van der Waals surface area contributed by atoms with Crippen LogP contribution in [-0.2, 0) is 20.9 Å². The first kappa shape index (κ1) is 24.3. The zero-order valence-electron chi connectivity index (χ0n) is 18.3. The summed E-state index contributed by atoms with van der Waals surface area (Å²) in [5.41, 5.74) is 7.35. The molecule has 33 heavy (non-hydrogen) atoms. The standard InChI is InChI=1S/C23H28N6O3.CH4/c1-23(2,24)22(31)25-18(15-32-14-16-7-4-3-5-8-16)21-27-26-19-11-10-17(13-29(19)21)28-12-6-9-20(28)30;/h3-5,7-8,10-11,13,18H,6,9,12,14-15,24H2,1-2H3,(H,25,31);1H4/t18-;/m1./s1. The molecule has 0 saturated carbocycles. The Kier molecular flexibility index (Phi) is 7.45. The number of pyridine rings is 1. The molecule has 3 aromatic rings. The van der Waals surface area contributed by atoms with E-state index in [9.17, 15) is 9.59 Å². The van der Waals surface area contributed by atoms with Crippen molar-refractivity contribution in [2.45, 2.75) is 52.3 Å². The number of fused-ring (bicyclic) bond motifs is 1. The number of ether oxygens (including phenoxy) is 1. The van der Waals surface area contributed by atoms with Gasteiger partial charge in [-0.2, -0.15) is 0 Å². The number of anilines is 1. The highest BCUT2D eigenvalue weighted by molar-refractivity contribution is 5.95. The number of rotatable bonds is 8. The quantitative estimate of drug-likeness (QED) is 0.543. The Hall–Kier alpha value is -3.30. The van der Waals surface area contributed by atoms with Crippen LogP contribution in [0.2, 0.25) is 0 Å². The predicted molar refractivity (Wildman–Crippen MR) is 127 cm³/mol. The van der Waals surface area contributed by atoms with Gasteiger partial charge in [-0.25, -0.2) is 0 Å². The highest BCUT2D eigenvalue weighted by Gasteiger charge is 2.29. The van der Waals surface area contributed by atoms with Crippen molar-refractivity contribution in [3.05, 3.63) is 60.0 Å². The molecule has 3 heterocycles. The third-order valence-corrected chi connectivity index (χ3v) is 5.40. The summed E-state index contributed by atoms with van der Waals surface area (Å²) in [6.45, 7) is 4.55. The van der Waals surface area contributed by atoms with Gasteiger partial charge in [0.05, 0.1) is 24.4 Å². The molecule has 0 unspecified atom stereocenters. The minimum atomic E-state index is -1.06. The van der Waals surface area contributed by atoms with Crippen molar-refractivity contribution in [3.63, 3.8) is 0 Å². The third-order valence-electron chi connectivity index (χ3n) is 5.40. The van der Waals surface area contributed by atoms with Crippen LogP contribution in [0.15, 0.2) is 48.7 Å². The lowest BCUT2D eigenvalue weighted by atomic mass is 10.1. The zero-order valence-corrected chi connectivity index (χ0v) is 18.3. The number of carbonyl (C=O) groups excluding carboxylic acids is 2. The van der Waals surface area contributed by atoms with Crippen LogP contribution in [0.4, 0.5) is 5.69 Å². The molecule has 2 amide bonds. The van der Waals surface area contributed by atoms with Gasteiger partial charge >= 0.3 is 0 Å². The van der Waals surface area contributed by atoms with E-state index in [1.54, 1.807) is 23.1 Å². The highest BCUT2D eigenvalue weighted by Crippen LogP contribution is 2.24. The maximum absolute atomic E-state index is 12.7. The van der Waals surface area contributed by atoms with Crippen molar-refractivity contribution in [2.24, 2.45) is 5.73 Å². The molecular weight excluding hydrogens is 420 g/mol. The second-order valence-corrected chi connectivity index (χ2v) is 8.57. The lowest BCUT2D eigenvalue weighted by molar-refractivity contribution is -0.126. The number of carbonyl (C=O) groups is 2. The van der Waals surface area contributed by atoms with Crippen LogP contribution in [0.25, 0.3) is 5.65 Å². The van der Waals surface area contributed by atoms with E-state index < -0.39 is 11.6 Å². The summed E-state index contributed by atoms with van der Waals surface area (Å²) >= 11 is 0. The molecule has 0 spiro atoms. The van der Waals surface area contributed by atoms with E-state index in [0.29, 0.717) is 31.0 Å². The molecule has 1 aromatic carbocycles. The summed E-state index contributed by atoms with van der Waals surface area (Å²) in [6.07, 6.45) is 3.21. The summed E-state index contributed by atoms with van der Waals surface area (Å²) in [6, 6.07) is 12.9. The lowest BCUT2D eigenvalue weighted by Crippen LogP contribution is -2.50. The van der Waals surface area contributed by atoms with E-state index in [1.165, 1.54) is 0 Å². The van der Waals surface area contributed by atoms with Crippen molar-refractivity contribution in [2.75, 3.05) is 18.1 Å². The number of hydrogen-bond acceptors (Lipinski definition) is 6. The summed E-state index contributed by atoms with van der Waals surface area (Å²) in [5, 5.41) is 11.5. The lowest BCUT2D eigenvalue weighted by Gasteiger charge is -2.24. The van der Waals surface area contributed by atoms with Gasteiger partial charge in [0.25, 0.3) is 0 Å². The number of nitrogens with zero attached hydrogens (tertiary/aromatic N) is 4. The van der Waals surface area contributed by atoms with Crippen LogP contribution < -0.4 is 16.0 Å². The monoisotopic (exact) mass is 452 g/mol. The Morgan fingerprint density at radius 1 is 1.21 bits per heavy atom. The average Bonchev–Trinajstić information content (AvgIpc) is 3.38. The molecule has 1 aliphatic heterocycles. The Balaban J connectivity index is 0.00000306. The second-order valence-electron chi connectivity index (χ2n) is 8.57. The van der Waals surface area contributed by atoms with Crippen molar-refractivity contribution in [1.82, 2.24) is 19.9 Å². The summed E-state index contributed by atoms with van der Waals surface area (Å²) in [4.78, 5) is 26.6. The number of benzene rings is 1. The van der Waals surface area contributed by atoms with E-state index in [2.05, 4.69) is 15.5 Å². The molecule has 1 fully saturated rings. The van der Waals surface area contributed by atoms with E-state index in [0.717, 1.165) is 17.7 Å². The first-order valence-corrected chi connectivity index (χ1v) is 10.7. The minimum absolute atomic E-state index is 0. The number of aromatic nitrogens is 3. The topological polar surface area (TPSA) is 115 Å². The molecule has 9 nitrogen and oxygen atoms in total. The SMILES string of the molecule is C.CC(C)(N)C(=O)N[C@H](COCc1ccccc1)c1nnc2ccc(N3CCCC3=O)cn12. The van der Waals surface area contributed by atoms with Crippen molar-refractivity contribution >= 4 is 23.1 Å². The van der Waals surface area contributed by atoms with E-state index in [1.807, 2.05) is 48.7 Å². The first-order chi connectivity index (χ1) is 15.3. The summed E-state index contributed by atoms with van der Waals surface area (Å²) in [5.74, 6) is 0.285. The average molecular weight is 453 g/mol. The van der Waals surface area contributed by atoms with Crippen LogP contribution in [0, 0.1) is 0 Å². The van der Waals surface area contributed by atoms with E-state index in [-0.39, 0.29) is 25.8 Å². The molecule has 2 aromatic heterocycles. The van der Waals surface area contributed by atoms with Crippen LogP contribution in [0.3, 0.4) is 0 Å². The Morgan fingerprint density at radius 2 is 1.97 bits per heavy atom. The van der Waals surface area contributed by atoms with Gasteiger partial charge < -0.3 is 20.7 Å². The van der Waals surface area contributed by atoms with Gasteiger partial charge in [0.15, 0.2) is 11.5 Å². The minimum Gasteiger partial charge on any atom is -0.374 e. The number of amides is 2. The molecule has 0 radical (unpaired) electrons. The van der Waals surface area contributed by atoms with Crippen molar-refractivity contribution < 1.29 is 14.3 Å². The third kappa shape index (κ3) is 5.55. The van der Waals surface area contributed by atoms with Crippen molar-refractivity contribution in [3.8, 4) is 0 Å². The molecule has 9 heteroatoms. The molecule has 176 valence electrons. The fraction of sp³-hybridized carbons (Fsp3) is 0.417. The molecule has 1 aliphatic rings. The molecule has 1 atom stereocenters. The highest BCUT2D eigenvalue weighted by atomic mass is 16.5. The smallest absolute Gasteiger partial charge is 0.240 e. The Morgan fingerprint density at radius 3 is 2.64 bits per heavy atom. The summed E-state index contributed by atoms with van der Waals surface area (Å²) in [7, 11) is 0. The number of nitrogens with one attached hydrogen (secondary N) is 1. The van der Waals surface area contributed by atoms with E-state index >= 15 is 0 Å². The Labute approximate surface area is 193 Å². The number of hydrogen-bond donors (Lipinski definition) is 2. The van der Waals surface area contributed by atoms with Crippen LogP contribution in [0.5, 0.6) is 0 Å². The van der Waals surface area contributed by atoms with Gasteiger partial charge in [-0.15, -0.1) is 10.2 Å². The van der Waals surface area contributed by atoms with Crippen LogP contribution in [-0.4, -0.2) is 45.1 Å². The van der Waals surface area contributed by atoms with Gasteiger partial charge in [0.2, 0.25) is 11.8 Å². The normalized spacial score (nSPS) is 14.9. The zero-order chi connectivity index (χ0) is 22.7. The fourth-order valence-electron chi connectivity index (χ4n) is 3.61. The Bertz CT molecular complexity index is 1110. The number of nitrogens with two attached hydrogens (primary N) is 1. The molecular formula is C24H32N6O3. The molecule has 0 aliphatic carbocycles. The predicted octanol–water partition coefficient (Wildman–Crippen LogP) is 2.60. The molecule has 4 rings (SSSR count). The van der Waals surface area contributed by atoms with Gasteiger partial charge in [0, 0.05) is 19.2 Å². The van der Waals surface area contributed by atoms with E-state index in [4.69, 9.17) is 10.5 Å². The molecule has 3 N–H and O–H groups in total. The van der Waals surface area contributed by atoms with Gasteiger partial charge in [0.1, 0.15) is 6.04 Å². The van der Waals surface area contributed by atoms with Gasteiger partial charge in [-0.3, -0.25) is 14.0 Å². The maximum Gasteiger partial charge on any atom is 0.240 e. The van der Waals surface area contributed by atoms with Crippen LogP contribution in [0.1, 0.15) is 51.5 Å². The second kappa shape index (κ2) is 10.1. The first-order valence-electron chi connectivity index (χ1n) is 10.7. The molecule has 1 saturated heterocycles. The van der Waals surface area contributed by atoms with Crippen LogP contribution >= 0.6 is 0 Å². The maximum atomic E-state index is 12.7. The van der Waals surface area contributed by atoms with Gasteiger partial charge in [-0.05, 0) is 38.0 Å². The largest absolute Gasteiger partial charge is 0.374 e.